The Morgan fingerprint density at radius 1 is 1.06 bits per heavy atom. The third-order valence-corrected chi connectivity index (χ3v) is 3.21. The van der Waals surface area contributed by atoms with E-state index in [9.17, 15) is 13.2 Å². The van der Waals surface area contributed by atoms with Crippen molar-refractivity contribution in [1.29, 1.82) is 0 Å². The molecule has 0 aromatic carbocycles. The van der Waals surface area contributed by atoms with Crippen LogP contribution in [-0.4, -0.2) is 41.8 Å². The molecule has 5 heteroatoms. The van der Waals surface area contributed by atoms with Crippen LogP contribution in [0, 0.1) is 11.3 Å². The van der Waals surface area contributed by atoms with Crippen LogP contribution in [0.4, 0.5) is 13.2 Å². The monoisotopic (exact) mass is 238 g/mol. The summed E-state index contributed by atoms with van der Waals surface area (Å²) in [7, 11) is 0. The Balaban J connectivity index is 2.75. The Bertz CT molecular complexity index is 287. The summed E-state index contributed by atoms with van der Waals surface area (Å²) < 4.78 is 40.4. The van der Waals surface area contributed by atoms with Crippen molar-refractivity contribution >= 4 is 0 Å². The van der Waals surface area contributed by atoms with Gasteiger partial charge in [-0.3, -0.25) is 0 Å². The summed E-state index contributed by atoms with van der Waals surface area (Å²) in [6.45, 7) is 9.21. The second-order valence-corrected chi connectivity index (χ2v) is 5.53. The van der Waals surface area contributed by atoms with Crippen LogP contribution in [-0.2, 0) is 0 Å². The number of hydrogen-bond donors (Lipinski definition) is 0. The van der Waals surface area contributed by atoms with E-state index in [4.69, 9.17) is 0 Å². The maximum Gasteiger partial charge on any atom is 0.454 e. The van der Waals surface area contributed by atoms with Gasteiger partial charge in [-0.1, -0.05) is 20.8 Å². The number of rotatable bonds is 2. The lowest BCUT2D eigenvalue weighted by Crippen LogP contribution is -2.31. The molecule has 2 nitrogen and oxygen atoms in total. The van der Waals surface area contributed by atoms with Crippen LogP contribution in [0.3, 0.4) is 0 Å². The van der Waals surface area contributed by atoms with Crippen molar-refractivity contribution in [2.75, 3.05) is 26.2 Å². The van der Waals surface area contributed by atoms with E-state index < -0.39 is 12.7 Å². The highest BCUT2D eigenvalue weighted by Crippen LogP contribution is 2.30. The maximum atomic E-state index is 12.4. The van der Waals surface area contributed by atoms with Gasteiger partial charge < -0.3 is 0 Å². The fraction of sp³-hybridized carbons (Fsp3) is 1.00. The molecule has 0 spiro atoms. The second-order valence-electron chi connectivity index (χ2n) is 5.53. The Morgan fingerprint density at radius 3 is 1.94 bits per heavy atom. The molecule has 1 rings (SSSR count). The molecule has 0 saturated heterocycles. The topological polar surface area (TPSA) is 6.02 Å². The van der Waals surface area contributed by atoms with E-state index in [1.807, 2.05) is 11.6 Å². The molecule has 0 saturated carbocycles. The number of halogens is 3. The zero-order chi connectivity index (χ0) is 12.6. The van der Waals surface area contributed by atoms with Crippen LogP contribution in [0.25, 0.3) is 0 Å². The van der Waals surface area contributed by atoms with Crippen LogP contribution in [0.2, 0.25) is 0 Å². The van der Waals surface area contributed by atoms with E-state index in [-0.39, 0.29) is 5.41 Å². The predicted octanol–water partition coefficient (Wildman–Crippen LogP) is 2.72. The van der Waals surface area contributed by atoms with Crippen LogP contribution >= 0.6 is 0 Å². The molecule has 0 amide bonds. The van der Waals surface area contributed by atoms with Gasteiger partial charge in [-0.2, -0.15) is 13.2 Å². The van der Waals surface area contributed by atoms with Crippen molar-refractivity contribution < 1.29 is 22.6 Å². The van der Waals surface area contributed by atoms with Gasteiger partial charge in [0.25, 0.3) is 6.54 Å². The standard InChI is InChI=1S/C11H21F3N2/c1-5-15-6-9(10(2,3)4)7-16(15)8-11(12,13)14/h9H,5-8H2,1-4H3/q+2. The van der Waals surface area contributed by atoms with Gasteiger partial charge in [-0.25, -0.2) is 0 Å². The Kier molecular flexibility index (Phi) is 3.65. The molecule has 0 aromatic heterocycles. The van der Waals surface area contributed by atoms with Gasteiger partial charge in [-0.15, -0.1) is 0 Å². The third-order valence-electron chi connectivity index (χ3n) is 3.21. The lowest BCUT2D eigenvalue weighted by Gasteiger charge is -2.20. The molecule has 1 heterocycles. The fourth-order valence-electron chi connectivity index (χ4n) is 2.05. The minimum absolute atomic E-state index is 0.0633. The average molecular weight is 238 g/mol. The van der Waals surface area contributed by atoms with Crippen molar-refractivity contribution in [1.82, 2.24) is 0 Å². The number of nitrogens with zero attached hydrogens (tertiary/aromatic N) is 2. The first-order valence-electron chi connectivity index (χ1n) is 5.70. The van der Waals surface area contributed by atoms with Gasteiger partial charge in [0.05, 0.1) is 5.92 Å². The van der Waals surface area contributed by atoms with E-state index in [1.54, 1.807) is 0 Å². The van der Waals surface area contributed by atoms with Gasteiger partial charge in [0.15, 0.2) is 0 Å². The molecule has 1 aliphatic rings. The summed E-state index contributed by atoms with van der Waals surface area (Å²) in [5, 5.41) is 0. The Morgan fingerprint density at radius 2 is 1.56 bits per heavy atom. The van der Waals surface area contributed by atoms with E-state index in [2.05, 4.69) is 20.8 Å². The smallest absolute Gasteiger partial charge is 0.164 e. The summed E-state index contributed by atoms with van der Waals surface area (Å²) in [6.07, 6.45) is -4.11. The predicted molar refractivity (Wildman–Crippen MR) is 54.7 cm³/mol. The molecule has 1 atom stereocenters. The quantitative estimate of drug-likeness (QED) is 0.652. The zero-order valence-corrected chi connectivity index (χ0v) is 10.4. The van der Waals surface area contributed by atoms with Crippen molar-refractivity contribution in [3.8, 4) is 0 Å². The molecule has 0 radical (unpaired) electrons. The minimum Gasteiger partial charge on any atom is -0.164 e. The lowest BCUT2D eigenvalue weighted by atomic mass is 9.81. The Hall–Kier alpha value is -0.610. The number of hydrogen-bond acceptors (Lipinski definition) is 0. The molecule has 16 heavy (non-hydrogen) atoms. The first-order chi connectivity index (χ1) is 7.13. The highest BCUT2D eigenvalue weighted by Gasteiger charge is 2.48. The third kappa shape index (κ3) is 3.46. The van der Waals surface area contributed by atoms with Gasteiger partial charge >= 0.3 is 6.18 Å². The van der Waals surface area contributed by atoms with Crippen LogP contribution < -0.4 is 0 Å². The molecule has 0 aromatic rings. The van der Waals surface area contributed by atoms with Crippen molar-refractivity contribution in [3.05, 3.63) is 0 Å². The van der Waals surface area contributed by atoms with Crippen molar-refractivity contribution in [3.63, 3.8) is 0 Å². The minimum atomic E-state index is -4.11. The first kappa shape index (κ1) is 13.5. The van der Waals surface area contributed by atoms with Crippen molar-refractivity contribution in [2.24, 2.45) is 11.3 Å². The highest BCUT2D eigenvalue weighted by atomic mass is 19.4. The fourth-order valence-corrected chi connectivity index (χ4v) is 2.05. The van der Waals surface area contributed by atoms with E-state index >= 15 is 0 Å². The molecular formula is C11H21F3N2+2. The summed E-state index contributed by atoms with van der Waals surface area (Å²) in [4.78, 5) is 0. The van der Waals surface area contributed by atoms with E-state index in [0.29, 0.717) is 19.0 Å². The second kappa shape index (κ2) is 4.34. The summed E-state index contributed by atoms with van der Waals surface area (Å²) in [6, 6.07) is 0. The molecule has 0 bridgehead atoms. The summed E-state index contributed by atoms with van der Waals surface area (Å²) in [5.74, 6) is 0.301. The normalized spacial score (nSPS) is 23.1. The SMILES string of the molecule is CC[N+]1=[N+](CC(F)(F)F)CC(C(C)(C)C)C1. The molecule has 0 aliphatic carbocycles. The molecular weight excluding hydrogens is 217 g/mol. The van der Waals surface area contributed by atoms with E-state index in [1.165, 1.54) is 4.70 Å². The van der Waals surface area contributed by atoms with E-state index in [0.717, 1.165) is 6.54 Å². The number of azo groups is 4. The van der Waals surface area contributed by atoms with Gasteiger partial charge in [-0.05, 0) is 14.8 Å². The largest absolute Gasteiger partial charge is 0.454 e. The van der Waals surface area contributed by atoms with Gasteiger partial charge in [0, 0.05) is 6.92 Å². The van der Waals surface area contributed by atoms with Crippen LogP contribution in [0.1, 0.15) is 27.7 Å². The van der Waals surface area contributed by atoms with Crippen LogP contribution in [0.5, 0.6) is 0 Å². The maximum absolute atomic E-state index is 12.4. The summed E-state index contributed by atoms with van der Waals surface area (Å²) >= 11 is 0. The van der Waals surface area contributed by atoms with Gasteiger partial charge in [0.1, 0.15) is 0 Å². The highest BCUT2D eigenvalue weighted by molar-refractivity contribution is 4.73. The molecule has 1 unspecified atom stereocenters. The number of alkyl halides is 3. The van der Waals surface area contributed by atoms with Crippen molar-refractivity contribution in [2.45, 2.75) is 33.9 Å². The lowest BCUT2D eigenvalue weighted by molar-refractivity contribution is -1.01. The molecule has 0 fully saturated rings. The summed E-state index contributed by atoms with van der Waals surface area (Å²) in [5.41, 5.74) is 0.0633. The molecule has 94 valence electrons. The first-order valence-corrected chi connectivity index (χ1v) is 5.70. The zero-order valence-electron chi connectivity index (χ0n) is 10.4. The van der Waals surface area contributed by atoms with Gasteiger partial charge in [0.2, 0.25) is 19.6 Å². The average Bonchev–Trinajstić information content (AvgIpc) is 2.43. The molecule has 0 N–H and O–H groups in total. The Labute approximate surface area is 94.7 Å². The van der Waals surface area contributed by atoms with Crippen LogP contribution in [0.15, 0.2) is 0 Å². The molecule has 1 aliphatic heterocycles.